The normalized spacial score (nSPS) is 20.9. The summed E-state index contributed by atoms with van der Waals surface area (Å²) in [6, 6.07) is 6.83. The predicted octanol–water partition coefficient (Wildman–Crippen LogP) is 4.91. The summed E-state index contributed by atoms with van der Waals surface area (Å²) in [7, 11) is 1.44. The van der Waals surface area contributed by atoms with E-state index in [1.807, 2.05) is 6.07 Å². The maximum atomic E-state index is 14.2. The van der Waals surface area contributed by atoms with E-state index in [2.05, 4.69) is 28.6 Å². The molecule has 0 aliphatic carbocycles. The molecule has 1 saturated heterocycles. The van der Waals surface area contributed by atoms with Gasteiger partial charge in [-0.15, -0.1) is 0 Å². The number of hydrogen-bond donors (Lipinski definition) is 2. The zero-order valence-electron chi connectivity index (χ0n) is 19.6. The fraction of sp³-hybridized carbons (Fsp3) is 0.400. The number of benzene rings is 1. The Kier molecular flexibility index (Phi) is 5.31. The average molecular weight is 467 g/mol. The Morgan fingerprint density at radius 3 is 2.82 bits per heavy atom. The number of aromatic amines is 1. The Bertz CT molecular complexity index is 1400. The van der Waals surface area contributed by atoms with Gasteiger partial charge in [-0.1, -0.05) is 13.8 Å². The van der Waals surface area contributed by atoms with E-state index >= 15 is 0 Å². The van der Waals surface area contributed by atoms with E-state index in [0.29, 0.717) is 18.5 Å². The lowest BCUT2D eigenvalue weighted by molar-refractivity contribution is -0.170. The van der Waals surface area contributed by atoms with E-state index in [4.69, 9.17) is 14.5 Å². The van der Waals surface area contributed by atoms with Crippen LogP contribution < -0.4 is 4.74 Å². The highest BCUT2D eigenvalue weighted by Gasteiger charge is 2.41. The summed E-state index contributed by atoms with van der Waals surface area (Å²) in [5.74, 6) is -1.16. The number of pyridine rings is 1. The molecule has 1 aliphatic rings. The van der Waals surface area contributed by atoms with Gasteiger partial charge in [0, 0.05) is 34.3 Å². The molecular weight excluding hydrogens is 439 g/mol. The van der Waals surface area contributed by atoms with E-state index in [0.717, 1.165) is 33.4 Å². The molecule has 5 rings (SSSR count). The molecule has 0 bridgehead atoms. The van der Waals surface area contributed by atoms with Gasteiger partial charge in [0.05, 0.1) is 30.9 Å². The topological polar surface area (TPSA) is 102 Å². The second kappa shape index (κ2) is 8.09. The fourth-order valence-corrected chi connectivity index (χ4v) is 4.93. The van der Waals surface area contributed by atoms with Crippen LogP contribution in [0.5, 0.6) is 5.75 Å². The summed E-state index contributed by atoms with van der Waals surface area (Å²) < 4.78 is 27.5. The van der Waals surface area contributed by atoms with Gasteiger partial charge in [-0.25, -0.2) is 14.2 Å². The maximum absolute atomic E-state index is 14.2. The van der Waals surface area contributed by atoms with Gasteiger partial charge in [-0.2, -0.15) is 5.10 Å². The van der Waals surface area contributed by atoms with E-state index in [9.17, 15) is 14.3 Å². The lowest BCUT2D eigenvalue weighted by atomic mass is 9.84. The zero-order chi connectivity index (χ0) is 24.2. The van der Waals surface area contributed by atoms with Crippen molar-refractivity contribution in [3.63, 3.8) is 0 Å². The Hall–Kier alpha value is -3.46. The number of hydrogen-bond acceptors (Lipinski definition) is 5. The van der Waals surface area contributed by atoms with Crippen LogP contribution in [0.2, 0.25) is 0 Å². The van der Waals surface area contributed by atoms with Crippen LogP contribution in [0.4, 0.5) is 4.39 Å². The summed E-state index contributed by atoms with van der Waals surface area (Å²) in [4.78, 5) is 16.6. The van der Waals surface area contributed by atoms with Gasteiger partial charge >= 0.3 is 5.97 Å². The summed E-state index contributed by atoms with van der Waals surface area (Å²) in [6.45, 7) is 6.10. The minimum Gasteiger partial charge on any atom is -0.494 e. The van der Waals surface area contributed by atoms with E-state index < -0.39 is 17.4 Å². The molecule has 1 aliphatic heterocycles. The van der Waals surface area contributed by atoms with Crippen molar-refractivity contribution >= 4 is 28.0 Å². The van der Waals surface area contributed by atoms with E-state index in [1.54, 1.807) is 25.3 Å². The van der Waals surface area contributed by atoms with Crippen molar-refractivity contribution in [2.75, 3.05) is 13.7 Å². The van der Waals surface area contributed by atoms with Crippen LogP contribution in [0.3, 0.4) is 0 Å². The summed E-state index contributed by atoms with van der Waals surface area (Å²) >= 11 is 0. The zero-order valence-corrected chi connectivity index (χ0v) is 19.6. The summed E-state index contributed by atoms with van der Waals surface area (Å²) in [5, 5.41) is 17.5. The van der Waals surface area contributed by atoms with E-state index in [1.165, 1.54) is 13.2 Å². The van der Waals surface area contributed by atoms with Crippen molar-refractivity contribution in [2.24, 2.45) is 0 Å². The highest BCUT2D eigenvalue weighted by molar-refractivity contribution is 5.93. The summed E-state index contributed by atoms with van der Waals surface area (Å²) in [5.41, 5.74) is 3.96. The monoisotopic (exact) mass is 466 g/mol. The van der Waals surface area contributed by atoms with Crippen molar-refractivity contribution in [2.45, 2.75) is 51.0 Å². The van der Waals surface area contributed by atoms with Gasteiger partial charge in [0.25, 0.3) is 0 Å². The largest absolute Gasteiger partial charge is 0.494 e. The number of carboxylic acid groups (broad SMARTS) is 1. The van der Waals surface area contributed by atoms with Crippen molar-refractivity contribution in [3.05, 3.63) is 47.5 Å². The number of aromatic nitrogens is 4. The first kappa shape index (κ1) is 22.3. The molecule has 3 aromatic heterocycles. The molecule has 8 nitrogen and oxygen atoms in total. The summed E-state index contributed by atoms with van der Waals surface area (Å²) in [6.07, 6.45) is 2.77. The van der Waals surface area contributed by atoms with Gasteiger partial charge < -0.3 is 19.1 Å². The molecular formula is C25H27FN4O4. The SMILES string of the molecule is COc1cc(-n2c(C(C)C)c(C3CC[C@@](C)(C(=O)O)OC3)c3nc4[nH]ncc4cc32)ccc1F. The van der Waals surface area contributed by atoms with Gasteiger partial charge in [0.1, 0.15) is 0 Å². The number of methoxy groups -OCH3 is 1. The number of nitrogens with one attached hydrogen (secondary N) is 1. The van der Waals surface area contributed by atoms with Crippen molar-refractivity contribution in [1.82, 2.24) is 19.7 Å². The molecule has 0 radical (unpaired) electrons. The van der Waals surface area contributed by atoms with Gasteiger partial charge in [0.15, 0.2) is 22.8 Å². The number of carboxylic acids is 1. The van der Waals surface area contributed by atoms with Gasteiger partial charge in [-0.05, 0) is 43.9 Å². The second-order valence-corrected chi connectivity index (χ2v) is 9.35. The molecule has 9 heteroatoms. The molecule has 0 saturated carbocycles. The van der Waals surface area contributed by atoms with Crippen molar-refractivity contribution in [3.8, 4) is 11.4 Å². The first-order chi connectivity index (χ1) is 16.2. The minimum atomic E-state index is -1.19. The quantitative estimate of drug-likeness (QED) is 0.433. The van der Waals surface area contributed by atoms with Crippen LogP contribution in [0.1, 0.15) is 56.7 Å². The molecule has 4 heterocycles. The number of H-pyrrole nitrogens is 1. The van der Waals surface area contributed by atoms with Crippen molar-refractivity contribution in [1.29, 1.82) is 0 Å². The standard InChI is InChI=1S/C25H27FN4O4/c1-13(2)22-20(14-7-8-25(3,24(31)32)34-12-14)21-18(9-15-11-27-29-23(15)28-21)30(22)16-5-6-17(26)19(10-16)33-4/h5-6,9-11,13-14H,7-8,12H2,1-4H3,(H,31,32)(H,27,28,29)/t14?,25-/m0/s1. The molecule has 1 aromatic carbocycles. The van der Waals surface area contributed by atoms with Crippen LogP contribution in [-0.4, -0.2) is 50.1 Å². The van der Waals surface area contributed by atoms with Gasteiger partial charge in [-0.3, -0.25) is 5.10 Å². The predicted molar refractivity (Wildman–Crippen MR) is 125 cm³/mol. The second-order valence-electron chi connectivity index (χ2n) is 9.35. The van der Waals surface area contributed by atoms with Gasteiger partial charge in [0.2, 0.25) is 0 Å². The Labute approximate surface area is 195 Å². The van der Waals surface area contributed by atoms with Crippen LogP contribution in [0.25, 0.3) is 27.8 Å². The number of rotatable bonds is 5. The molecule has 2 N–H and O–H groups in total. The third-order valence-corrected chi connectivity index (χ3v) is 6.79. The third-order valence-electron chi connectivity index (χ3n) is 6.79. The smallest absolute Gasteiger partial charge is 0.335 e. The molecule has 34 heavy (non-hydrogen) atoms. The number of nitrogens with zero attached hydrogens (tertiary/aromatic N) is 3. The molecule has 0 spiro atoms. The highest BCUT2D eigenvalue weighted by Crippen LogP contribution is 2.43. The molecule has 1 unspecified atom stereocenters. The van der Waals surface area contributed by atoms with Crippen LogP contribution >= 0.6 is 0 Å². The van der Waals surface area contributed by atoms with E-state index in [-0.39, 0.29) is 24.2 Å². The third kappa shape index (κ3) is 3.42. The van der Waals surface area contributed by atoms with Crippen LogP contribution in [0.15, 0.2) is 30.5 Å². The Morgan fingerprint density at radius 2 is 2.18 bits per heavy atom. The number of ether oxygens (including phenoxy) is 2. The first-order valence-electron chi connectivity index (χ1n) is 11.3. The highest BCUT2D eigenvalue weighted by atomic mass is 19.1. The van der Waals surface area contributed by atoms with Crippen molar-refractivity contribution < 1.29 is 23.8 Å². The van der Waals surface area contributed by atoms with Crippen LogP contribution in [0, 0.1) is 5.82 Å². The Morgan fingerprint density at radius 1 is 1.38 bits per heavy atom. The molecule has 1 fully saturated rings. The number of fused-ring (bicyclic) bond motifs is 2. The molecule has 178 valence electrons. The average Bonchev–Trinajstić information content (AvgIpc) is 3.40. The molecule has 2 atom stereocenters. The first-order valence-corrected chi connectivity index (χ1v) is 11.3. The lowest BCUT2D eigenvalue weighted by Gasteiger charge is -2.35. The maximum Gasteiger partial charge on any atom is 0.335 e. The Balaban J connectivity index is 1.77. The number of aliphatic carboxylic acids is 1. The molecule has 0 amide bonds. The van der Waals surface area contributed by atoms with Crippen LogP contribution in [-0.2, 0) is 9.53 Å². The number of halogens is 1. The minimum absolute atomic E-state index is 0.0382. The molecule has 4 aromatic rings. The lowest BCUT2D eigenvalue weighted by Crippen LogP contribution is -2.43. The number of carbonyl (C=O) groups is 1. The fourth-order valence-electron chi connectivity index (χ4n) is 4.93.